The molecule has 0 spiro atoms. The standard InChI is InChI=1S/C10H19N3O2S2/c1-3-13(2)5-4-12-17(14,15)10-6-9(7-11)16-8-10/h6,8,12H,3-5,7,11H2,1-2H3. The summed E-state index contributed by atoms with van der Waals surface area (Å²) in [5.41, 5.74) is 5.45. The summed E-state index contributed by atoms with van der Waals surface area (Å²) >= 11 is 1.37. The van der Waals surface area contributed by atoms with Crippen LogP contribution in [0.3, 0.4) is 0 Å². The number of rotatable bonds is 7. The van der Waals surface area contributed by atoms with Crippen molar-refractivity contribution >= 4 is 21.4 Å². The molecule has 0 aliphatic heterocycles. The molecule has 7 heteroatoms. The van der Waals surface area contributed by atoms with Crippen LogP contribution in [0.5, 0.6) is 0 Å². The molecular formula is C10H19N3O2S2. The molecule has 1 aromatic rings. The fraction of sp³-hybridized carbons (Fsp3) is 0.600. The van der Waals surface area contributed by atoms with Crippen LogP contribution >= 0.6 is 11.3 Å². The van der Waals surface area contributed by atoms with Gasteiger partial charge in [-0.2, -0.15) is 0 Å². The van der Waals surface area contributed by atoms with Gasteiger partial charge in [0.25, 0.3) is 0 Å². The monoisotopic (exact) mass is 277 g/mol. The molecule has 1 heterocycles. The molecule has 17 heavy (non-hydrogen) atoms. The van der Waals surface area contributed by atoms with Crippen LogP contribution in [0.2, 0.25) is 0 Å². The van der Waals surface area contributed by atoms with Crippen LogP contribution in [0.15, 0.2) is 16.3 Å². The predicted octanol–water partition coefficient (Wildman–Crippen LogP) is 0.437. The second-order valence-electron chi connectivity index (χ2n) is 3.75. The van der Waals surface area contributed by atoms with Crippen LogP contribution in [-0.2, 0) is 16.6 Å². The number of nitrogens with zero attached hydrogens (tertiary/aromatic N) is 1. The smallest absolute Gasteiger partial charge is 0.241 e. The topological polar surface area (TPSA) is 75.4 Å². The second kappa shape index (κ2) is 6.46. The lowest BCUT2D eigenvalue weighted by molar-refractivity contribution is 0.358. The Morgan fingerprint density at radius 1 is 1.53 bits per heavy atom. The van der Waals surface area contributed by atoms with E-state index in [2.05, 4.69) is 4.72 Å². The Kier molecular flexibility index (Phi) is 5.54. The van der Waals surface area contributed by atoms with Crippen molar-refractivity contribution in [2.45, 2.75) is 18.4 Å². The first-order chi connectivity index (χ1) is 7.99. The zero-order valence-electron chi connectivity index (χ0n) is 10.1. The van der Waals surface area contributed by atoms with Crippen LogP contribution in [-0.4, -0.2) is 40.0 Å². The number of sulfonamides is 1. The van der Waals surface area contributed by atoms with E-state index in [1.54, 1.807) is 11.4 Å². The number of nitrogens with two attached hydrogens (primary N) is 1. The Morgan fingerprint density at radius 3 is 2.76 bits per heavy atom. The van der Waals surface area contributed by atoms with Gasteiger partial charge in [-0.3, -0.25) is 0 Å². The van der Waals surface area contributed by atoms with Gasteiger partial charge >= 0.3 is 0 Å². The van der Waals surface area contributed by atoms with Gasteiger partial charge in [0.2, 0.25) is 10.0 Å². The molecule has 5 nitrogen and oxygen atoms in total. The van der Waals surface area contributed by atoms with Gasteiger partial charge in [-0.1, -0.05) is 6.92 Å². The molecule has 0 fully saturated rings. The quantitative estimate of drug-likeness (QED) is 0.758. The molecule has 0 saturated carbocycles. The first kappa shape index (κ1) is 14.6. The Bertz CT molecular complexity index is 442. The molecule has 0 aromatic carbocycles. The van der Waals surface area contributed by atoms with Crippen molar-refractivity contribution in [1.29, 1.82) is 0 Å². The summed E-state index contributed by atoms with van der Waals surface area (Å²) in [6, 6.07) is 1.62. The fourth-order valence-corrected chi connectivity index (χ4v) is 3.40. The van der Waals surface area contributed by atoms with Crippen LogP contribution in [0.4, 0.5) is 0 Å². The fourth-order valence-electron chi connectivity index (χ4n) is 1.22. The zero-order valence-corrected chi connectivity index (χ0v) is 11.8. The Hall–Kier alpha value is -0.470. The first-order valence-electron chi connectivity index (χ1n) is 5.45. The summed E-state index contributed by atoms with van der Waals surface area (Å²) < 4.78 is 26.3. The molecule has 3 N–H and O–H groups in total. The van der Waals surface area contributed by atoms with Gasteiger partial charge in [-0.25, -0.2) is 13.1 Å². The van der Waals surface area contributed by atoms with Gasteiger partial charge in [-0.15, -0.1) is 11.3 Å². The third-order valence-corrected chi connectivity index (χ3v) is 5.02. The number of thiophene rings is 1. The highest BCUT2D eigenvalue weighted by Gasteiger charge is 2.15. The molecular weight excluding hydrogens is 258 g/mol. The van der Waals surface area contributed by atoms with Gasteiger partial charge in [0.05, 0.1) is 4.90 Å². The average Bonchev–Trinajstić information content (AvgIpc) is 2.77. The Balaban J connectivity index is 2.56. The van der Waals surface area contributed by atoms with Gasteiger partial charge in [0.1, 0.15) is 0 Å². The molecule has 1 rings (SSSR count). The Morgan fingerprint density at radius 2 is 2.24 bits per heavy atom. The van der Waals surface area contributed by atoms with Gasteiger partial charge in [0.15, 0.2) is 0 Å². The zero-order chi connectivity index (χ0) is 12.9. The minimum absolute atomic E-state index is 0.308. The molecule has 0 bridgehead atoms. The lowest BCUT2D eigenvalue weighted by atomic mass is 10.5. The van der Waals surface area contributed by atoms with E-state index in [0.717, 1.165) is 11.4 Å². The highest BCUT2D eigenvalue weighted by atomic mass is 32.2. The van der Waals surface area contributed by atoms with Crippen molar-refractivity contribution in [3.63, 3.8) is 0 Å². The Labute approximate surface area is 107 Å². The largest absolute Gasteiger partial charge is 0.326 e. The van der Waals surface area contributed by atoms with Crippen molar-refractivity contribution in [1.82, 2.24) is 9.62 Å². The van der Waals surface area contributed by atoms with Gasteiger partial charge < -0.3 is 10.6 Å². The number of hydrogen-bond donors (Lipinski definition) is 2. The SMILES string of the molecule is CCN(C)CCNS(=O)(=O)c1csc(CN)c1. The molecule has 0 aliphatic rings. The van der Waals surface area contributed by atoms with Crippen LogP contribution in [0, 0.1) is 0 Å². The van der Waals surface area contributed by atoms with E-state index < -0.39 is 10.0 Å². The average molecular weight is 277 g/mol. The summed E-state index contributed by atoms with van der Waals surface area (Å²) in [5.74, 6) is 0. The molecule has 0 saturated heterocycles. The van der Waals surface area contributed by atoms with E-state index in [9.17, 15) is 8.42 Å². The van der Waals surface area contributed by atoms with E-state index in [0.29, 0.717) is 24.5 Å². The maximum atomic E-state index is 11.9. The van der Waals surface area contributed by atoms with Crippen molar-refractivity contribution in [2.24, 2.45) is 5.73 Å². The molecule has 98 valence electrons. The number of nitrogens with one attached hydrogen (secondary N) is 1. The summed E-state index contributed by atoms with van der Waals surface area (Å²) in [6.07, 6.45) is 0. The van der Waals surface area contributed by atoms with Crippen LogP contribution in [0.25, 0.3) is 0 Å². The maximum Gasteiger partial charge on any atom is 0.241 e. The highest BCUT2D eigenvalue weighted by Crippen LogP contribution is 2.18. The van der Waals surface area contributed by atoms with E-state index in [1.807, 2.05) is 18.9 Å². The van der Waals surface area contributed by atoms with Crippen molar-refractivity contribution < 1.29 is 8.42 Å². The summed E-state index contributed by atoms with van der Waals surface area (Å²) in [7, 11) is -1.43. The van der Waals surface area contributed by atoms with Crippen molar-refractivity contribution in [3.8, 4) is 0 Å². The maximum absolute atomic E-state index is 11.9. The predicted molar refractivity (Wildman–Crippen MR) is 70.6 cm³/mol. The number of likely N-dealkylation sites (N-methyl/N-ethyl adjacent to an activating group) is 1. The normalized spacial score (nSPS) is 12.2. The summed E-state index contributed by atoms with van der Waals surface area (Å²) in [6.45, 7) is 4.42. The first-order valence-corrected chi connectivity index (χ1v) is 7.81. The molecule has 0 aliphatic carbocycles. The molecule has 0 radical (unpaired) electrons. The van der Waals surface area contributed by atoms with Crippen molar-refractivity contribution in [2.75, 3.05) is 26.7 Å². The lowest BCUT2D eigenvalue weighted by Gasteiger charge is -2.13. The number of hydrogen-bond acceptors (Lipinski definition) is 5. The van der Waals surface area contributed by atoms with Crippen LogP contribution in [0.1, 0.15) is 11.8 Å². The van der Waals surface area contributed by atoms with Crippen molar-refractivity contribution in [3.05, 3.63) is 16.3 Å². The van der Waals surface area contributed by atoms with Gasteiger partial charge in [-0.05, 0) is 19.7 Å². The highest BCUT2D eigenvalue weighted by molar-refractivity contribution is 7.89. The van der Waals surface area contributed by atoms with E-state index in [-0.39, 0.29) is 0 Å². The lowest BCUT2D eigenvalue weighted by Crippen LogP contribution is -2.32. The molecule has 1 aromatic heterocycles. The van der Waals surface area contributed by atoms with Gasteiger partial charge in [0, 0.05) is 29.9 Å². The van der Waals surface area contributed by atoms with E-state index in [4.69, 9.17) is 5.73 Å². The minimum Gasteiger partial charge on any atom is -0.326 e. The molecule has 0 unspecified atom stereocenters. The summed E-state index contributed by atoms with van der Waals surface area (Å²) in [5, 5.41) is 1.62. The summed E-state index contributed by atoms with van der Waals surface area (Å²) in [4.78, 5) is 3.22. The van der Waals surface area contributed by atoms with Crippen LogP contribution < -0.4 is 10.5 Å². The van der Waals surface area contributed by atoms with E-state index >= 15 is 0 Å². The third kappa shape index (κ3) is 4.36. The second-order valence-corrected chi connectivity index (χ2v) is 6.51. The van der Waals surface area contributed by atoms with E-state index in [1.165, 1.54) is 11.3 Å². The minimum atomic E-state index is -3.38. The molecule has 0 atom stereocenters. The third-order valence-electron chi connectivity index (χ3n) is 2.47. The molecule has 0 amide bonds.